The predicted octanol–water partition coefficient (Wildman–Crippen LogP) is 2.13. The smallest absolute Gasteiger partial charge is 0.245 e. The van der Waals surface area contributed by atoms with Crippen LogP contribution in [0.4, 0.5) is 16.0 Å². The first-order chi connectivity index (χ1) is 13.6. The van der Waals surface area contributed by atoms with Gasteiger partial charge in [0.05, 0.1) is 11.9 Å². The minimum absolute atomic E-state index is 0.121. The zero-order valence-corrected chi connectivity index (χ0v) is 14.8. The van der Waals surface area contributed by atoms with Gasteiger partial charge in [-0.1, -0.05) is 0 Å². The molecule has 1 aliphatic heterocycles. The van der Waals surface area contributed by atoms with Gasteiger partial charge in [-0.3, -0.25) is 4.79 Å². The lowest BCUT2D eigenvalue weighted by atomic mass is 10.1. The highest BCUT2D eigenvalue weighted by molar-refractivity contribution is 5.93. The summed E-state index contributed by atoms with van der Waals surface area (Å²) in [6.07, 6.45) is 3.82. The van der Waals surface area contributed by atoms with Crippen LogP contribution in [0.5, 0.6) is 0 Å². The molecule has 8 nitrogen and oxygen atoms in total. The Morgan fingerprint density at radius 1 is 1.29 bits per heavy atom. The average Bonchev–Trinajstić information content (AvgIpc) is 3.45. The Labute approximate surface area is 159 Å². The zero-order chi connectivity index (χ0) is 19.3. The molecule has 0 radical (unpaired) electrons. The summed E-state index contributed by atoms with van der Waals surface area (Å²) in [6, 6.07) is 8.01. The van der Waals surface area contributed by atoms with Crippen molar-refractivity contribution in [2.75, 3.05) is 16.8 Å². The van der Waals surface area contributed by atoms with E-state index in [4.69, 9.17) is 0 Å². The molecular weight excluding hydrogens is 363 g/mol. The van der Waals surface area contributed by atoms with E-state index in [1.165, 1.54) is 12.1 Å². The van der Waals surface area contributed by atoms with Gasteiger partial charge in [-0.05, 0) is 37.1 Å². The Morgan fingerprint density at radius 2 is 2.14 bits per heavy atom. The Kier molecular flexibility index (Phi) is 3.83. The standard InChI is InChI=1S/C19H17FN6O2/c20-12-5-6-15(22-9-12)23-16(27)10-25-17-8-14(11-3-4-11)24-26(17)18-13(19(25)28)2-1-7-21-18/h1-2,5-9,11,19,28H,3-4,10H2,(H,22,23,27). The van der Waals surface area contributed by atoms with Crippen LogP contribution >= 0.6 is 0 Å². The summed E-state index contributed by atoms with van der Waals surface area (Å²) in [5.74, 6) is 0.974. The number of anilines is 2. The maximum Gasteiger partial charge on any atom is 0.245 e. The number of pyridine rings is 2. The number of hydrogen-bond acceptors (Lipinski definition) is 6. The van der Waals surface area contributed by atoms with Crippen LogP contribution < -0.4 is 10.2 Å². The Bertz CT molecular complexity index is 1050. The minimum atomic E-state index is -1.04. The molecule has 1 fully saturated rings. The second-order valence-electron chi connectivity index (χ2n) is 6.94. The lowest BCUT2D eigenvalue weighted by Crippen LogP contribution is -2.40. The van der Waals surface area contributed by atoms with E-state index < -0.39 is 12.0 Å². The first kappa shape index (κ1) is 16.8. The summed E-state index contributed by atoms with van der Waals surface area (Å²) in [6.45, 7) is -0.121. The predicted molar refractivity (Wildman–Crippen MR) is 98.5 cm³/mol. The van der Waals surface area contributed by atoms with Crippen molar-refractivity contribution >= 4 is 17.5 Å². The van der Waals surface area contributed by atoms with Gasteiger partial charge in [0, 0.05) is 23.7 Å². The molecule has 9 heteroatoms. The van der Waals surface area contributed by atoms with Gasteiger partial charge in [-0.25, -0.2) is 14.4 Å². The molecule has 5 rings (SSSR count). The second-order valence-corrected chi connectivity index (χ2v) is 6.94. The summed E-state index contributed by atoms with van der Waals surface area (Å²) in [5.41, 5.74) is 1.51. The number of aromatic nitrogens is 4. The number of nitrogens with zero attached hydrogens (tertiary/aromatic N) is 5. The van der Waals surface area contributed by atoms with Crippen molar-refractivity contribution in [3.05, 3.63) is 59.8 Å². The second kappa shape index (κ2) is 6.38. The van der Waals surface area contributed by atoms with E-state index in [2.05, 4.69) is 20.4 Å². The van der Waals surface area contributed by atoms with Gasteiger partial charge in [0.25, 0.3) is 0 Å². The maximum atomic E-state index is 13.0. The molecule has 1 unspecified atom stereocenters. The molecule has 0 saturated heterocycles. The lowest BCUT2D eigenvalue weighted by molar-refractivity contribution is -0.115. The van der Waals surface area contributed by atoms with Crippen molar-refractivity contribution in [3.8, 4) is 5.82 Å². The van der Waals surface area contributed by atoms with Gasteiger partial charge in [0.2, 0.25) is 5.91 Å². The SMILES string of the molecule is O=C(CN1c2cc(C3CC3)nn2-c2ncccc2C1O)Nc1ccc(F)cn1. The van der Waals surface area contributed by atoms with Crippen molar-refractivity contribution in [2.45, 2.75) is 25.0 Å². The third kappa shape index (κ3) is 2.89. The normalized spacial score (nSPS) is 17.8. The van der Waals surface area contributed by atoms with Gasteiger partial charge in [0.15, 0.2) is 12.0 Å². The number of carbonyl (C=O) groups is 1. The average molecular weight is 380 g/mol. The number of fused-ring (bicyclic) bond motifs is 3. The Hall–Kier alpha value is -3.33. The van der Waals surface area contributed by atoms with Gasteiger partial charge >= 0.3 is 0 Å². The summed E-state index contributed by atoms with van der Waals surface area (Å²) >= 11 is 0. The number of aliphatic hydroxyl groups excluding tert-OH is 1. The van der Waals surface area contributed by atoms with Crippen molar-refractivity contribution in [3.63, 3.8) is 0 Å². The van der Waals surface area contributed by atoms with Gasteiger partial charge in [-0.2, -0.15) is 9.78 Å². The molecule has 0 bridgehead atoms. The highest BCUT2D eigenvalue weighted by atomic mass is 19.1. The Balaban J connectivity index is 1.45. The fourth-order valence-corrected chi connectivity index (χ4v) is 3.36. The third-order valence-corrected chi connectivity index (χ3v) is 4.90. The summed E-state index contributed by atoms with van der Waals surface area (Å²) < 4.78 is 14.7. The quantitative estimate of drug-likeness (QED) is 0.720. The first-order valence-electron chi connectivity index (χ1n) is 9.01. The van der Waals surface area contributed by atoms with E-state index in [-0.39, 0.29) is 18.3 Å². The van der Waals surface area contributed by atoms with Gasteiger partial charge in [0.1, 0.15) is 24.0 Å². The summed E-state index contributed by atoms with van der Waals surface area (Å²) in [5, 5.41) is 18.2. The van der Waals surface area contributed by atoms with Crippen LogP contribution in [-0.2, 0) is 4.79 Å². The molecule has 4 heterocycles. The number of nitrogens with one attached hydrogen (secondary N) is 1. The van der Waals surface area contributed by atoms with E-state index in [0.717, 1.165) is 24.7 Å². The van der Waals surface area contributed by atoms with E-state index in [0.29, 0.717) is 23.1 Å². The van der Waals surface area contributed by atoms with Crippen LogP contribution in [0.1, 0.15) is 36.2 Å². The summed E-state index contributed by atoms with van der Waals surface area (Å²) in [4.78, 5) is 22.3. The van der Waals surface area contributed by atoms with Crippen molar-refractivity contribution in [2.24, 2.45) is 0 Å². The molecule has 3 aromatic rings. The third-order valence-electron chi connectivity index (χ3n) is 4.90. The van der Waals surface area contributed by atoms with Crippen LogP contribution in [0.2, 0.25) is 0 Å². The number of carbonyl (C=O) groups excluding carboxylic acids is 1. The maximum absolute atomic E-state index is 13.0. The van der Waals surface area contributed by atoms with Gasteiger partial charge < -0.3 is 15.3 Å². The van der Waals surface area contributed by atoms with E-state index in [1.54, 1.807) is 27.9 Å². The molecule has 1 amide bonds. The molecule has 1 saturated carbocycles. The van der Waals surface area contributed by atoms with Crippen LogP contribution in [0.25, 0.3) is 5.82 Å². The largest absolute Gasteiger partial charge is 0.369 e. The molecule has 28 heavy (non-hydrogen) atoms. The number of amides is 1. The molecule has 0 spiro atoms. The van der Waals surface area contributed by atoms with E-state index >= 15 is 0 Å². The molecular formula is C19H17FN6O2. The number of halogens is 1. The number of aliphatic hydroxyl groups is 1. The van der Waals surface area contributed by atoms with Crippen molar-refractivity contribution in [1.29, 1.82) is 0 Å². The number of rotatable bonds is 4. The van der Waals surface area contributed by atoms with Crippen molar-refractivity contribution < 1.29 is 14.3 Å². The van der Waals surface area contributed by atoms with E-state index in [9.17, 15) is 14.3 Å². The first-order valence-corrected chi connectivity index (χ1v) is 9.01. The van der Waals surface area contributed by atoms with Gasteiger partial charge in [-0.15, -0.1) is 0 Å². The fourth-order valence-electron chi connectivity index (χ4n) is 3.36. The summed E-state index contributed by atoms with van der Waals surface area (Å²) in [7, 11) is 0. The monoisotopic (exact) mass is 380 g/mol. The minimum Gasteiger partial charge on any atom is -0.369 e. The highest BCUT2D eigenvalue weighted by Crippen LogP contribution is 2.43. The van der Waals surface area contributed by atoms with Crippen LogP contribution in [0, 0.1) is 5.82 Å². The molecule has 3 aromatic heterocycles. The molecule has 1 aliphatic carbocycles. The van der Waals surface area contributed by atoms with Crippen LogP contribution in [0.15, 0.2) is 42.7 Å². The van der Waals surface area contributed by atoms with Crippen LogP contribution in [-0.4, -0.2) is 37.3 Å². The molecule has 142 valence electrons. The zero-order valence-electron chi connectivity index (χ0n) is 14.8. The topological polar surface area (TPSA) is 96.2 Å². The fraction of sp³-hybridized carbons (Fsp3) is 0.263. The molecule has 2 aliphatic rings. The molecule has 2 N–H and O–H groups in total. The number of hydrogen-bond donors (Lipinski definition) is 2. The lowest BCUT2D eigenvalue weighted by Gasteiger charge is -2.34. The Morgan fingerprint density at radius 3 is 2.89 bits per heavy atom. The van der Waals surface area contributed by atoms with Crippen molar-refractivity contribution in [1.82, 2.24) is 19.7 Å². The van der Waals surface area contributed by atoms with E-state index in [1.807, 2.05) is 6.07 Å². The molecule has 0 aromatic carbocycles. The highest BCUT2D eigenvalue weighted by Gasteiger charge is 2.36. The molecule has 1 atom stereocenters. The van der Waals surface area contributed by atoms with Crippen LogP contribution in [0.3, 0.4) is 0 Å².